The van der Waals surface area contributed by atoms with Crippen molar-refractivity contribution in [2.75, 3.05) is 0 Å². The van der Waals surface area contributed by atoms with E-state index >= 15 is 0 Å². The Hall–Kier alpha value is -0.865. The highest BCUT2D eigenvalue weighted by atomic mass is 16.7. The van der Waals surface area contributed by atoms with Crippen LogP contribution in [0.1, 0.15) is 19.3 Å². The molecule has 4 rings (SSSR count). The molecule has 0 N–H and O–H groups in total. The fourth-order valence-electron chi connectivity index (χ4n) is 3.55. The van der Waals surface area contributed by atoms with Gasteiger partial charge in [-0.25, -0.2) is 0 Å². The maximum absolute atomic E-state index is 6.04. The van der Waals surface area contributed by atoms with Gasteiger partial charge in [0.25, 0.3) is 0 Å². The molecule has 2 bridgehead atoms. The van der Waals surface area contributed by atoms with E-state index in [4.69, 9.17) is 9.31 Å². The Balaban J connectivity index is 1.59. The second kappa shape index (κ2) is 3.31. The molecule has 82 valence electrons. The standard InChI is InChI=1S/C12H14BNO2/c1-2-10(7-14-5-1)13-15-11-8-3-4-9(6-8)12(11)16-13/h1-2,5,7-9,11-12H,3-4,6H2/t8-,9?,11?,12+/m0/s1. The summed E-state index contributed by atoms with van der Waals surface area (Å²) in [6, 6.07) is 3.96. The van der Waals surface area contributed by atoms with Crippen molar-refractivity contribution in [3.8, 4) is 0 Å². The van der Waals surface area contributed by atoms with Crippen LogP contribution < -0.4 is 5.46 Å². The van der Waals surface area contributed by atoms with E-state index < -0.39 is 0 Å². The fraction of sp³-hybridized carbons (Fsp3) is 0.583. The minimum atomic E-state index is -0.174. The molecule has 2 heterocycles. The number of aromatic nitrogens is 1. The topological polar surface area (TPSA) is 31.4 Å². The maximum Gasteiger partial charge on any atom is 0.496 e. The minimum absolute atomic E-state index is 0.174. The molecule has 2 saturated carbocycles. The number of nitrogens with zero attached hydrogens (tertiary/aromatic N) is 1. The predicted molar refractivity (Wildman–Crippen MR) is 60.2 cm³/mol. The van der Waals surface area contributed by atoms with Crippen LogP contribution in [0.5, 0.6) is 0 Å². The summed E-state index contributed by atoms with van der Waals surface area (Å²) in [5, 5.41) is 0. The van der Waals surface area contributed by atoms with Gasteiger partial charge in [0.2, 0.25) is 0 Å². The lowest BCUT2D eigenvalue weighted by molar-refractivity contribution is 0.100. The van der Waals surface area contributed by atoms with Gasteiger partial charge in [-0.3, -0.25) is 4.98 Å². The first-order valence-corrected chi connectivity index (χ1v) is 6.12. The van der Waals surface area contributed by atoms with Gasteiger partial charge in [0.05, 0.1) is 12.2 Å². The maximum atomic E-state index is 6.04. The second-order valence-electron chi connectivity index (χ2n) is 5.15. The zero-order valence-corrected chi connectivity index (χ0v) is 9.08. The zero-order valence-electron chi connectivity index (χ0n) is 9.08. The first-order chi connectivity index (χ1) is 7.92. The predicted octanol–water partition coefficient (Wildman–Crippen LogP) is 0.991. The normalized spacial score (nSPS) is 40.4. The van der Waals surface area contributed by atoms with Gasteiger partial charge in [0.15, 0.2) is 0 Å². The zero-order chi connectivity index (χ0) is 10.5. The molecule has 4 atom stereocenters. The van der Waals surface area contributed by atoms with E-state index in [0.29, 0.717) is 12.2 Å². The van der Waals surface area contributed by atoms with Crippen molar-refractivity contribution in [3.05, 3.63) is 24.5 Å². The van der Waals surface area contributed by atoms with E-state index in [-0.39, 0.29) is 7.12 Å². The third-order valence-corrected chi connectivity index (χ3v) is 4.28. The van der Waals surface area contributed by atoms with E-state index in [1.807, 2.05) is 18.3 Å². The van der Waals surface area contributed by atoms with Crippen LogP contribution in [0, 0.1) is 11.8 Å². The Morgan fingerprint density at radius 2 is 1.94 bits per heavy atom. The lowest BCUT2D eigenvalue weighted by Gasteiger charge is -2.22. The molecule has 2 unspecified atom stereocenters. The Kier molecular flexibility index (Phi) is 1.90. The molecule has 2 aliphatic carbocycles. The Morgan fingerprint density at radius 3 is 2.56 bits per heavy atom. The Morgan fingerprint density at radius 1 is 1.19 bits per heavy atom. The summed E-state index contributed by atoms with van der Waals surface area (Å²) in [5.41, 5.74) is 1.05. The van der Waals surface area contributed by atoms with Gasteiger partial charge in [-0.2, -0.15) is 0 Å². The third kappa shape index (κ3) is 1.20. The average molecular weight is 215 g/mol. The first kappa shape index (κ1) is 9.19. The number of hydrogen-bond donors (Lipinski definition) is 0. The second-order valence-corrected chi connectivity index (χ2v) is 5.15. The van der Waals surface area contributed by atoms with Crippen LogP contribution in [-0.4, -0.2) is 24.3 Å². The van der Waals surface area contributed by atoms with Crippen LogP contribution in [0.15, 0.2) is 24.5 Å². The number of pyridine rings is 1. The summed E-state index contributed by atoms with van der Waals surface area (Å²) in [6.45, 7) is 0. The van der Waals surface area contributed by atoms with Gasteiger partial charge >= 0.3 is 7.12 Å². The van der Waals surface area contributed by atoms with Gasteiger partial charge < -0.3 is 9.31 Å². The van der Waals surface area contributed by atoms with Crippen molar-refractivity contribution < 1.29 is 9.31 Å². The van der Waals surface area contributed by atoms with Gasteiger partial charge in [-0.15, -0.1) is 0 Å². The van der Waals surface area contributed by atoms with Crippen molar-refractivity contribution in [3.63, 3.8) is 0 Å². The van der Waals surface area contributed by atoms with Crippen LogP contribution in [0.4, 0.5) is 0 Å². The number of fused-ring (bicyclic) bond motifs is 5. The van der Waals surface area contributed by atoms with Crippen LogP contribution >= 0.6 is 0 Å². The van der Waals surface area contributed by atoms with E-state index in [1.54, 1.807) is 6.20 Å². The summed E-state index contributed by atoms with van der Waals surface area (Å²) in [7, 11) is -0.174. The quantitative estimate of drug-likeness (QED) is 0.654. The van der Waals surface area contributed by atoms with E-state index in [9.17, 15) is 0 Å². The van der Waals surface area contributed by atoms with Crippen molar-refractivity contribution in [2.24, 2.45) is 11.8 Å². The summed E-state index contributed by atoms with van der Waals surface area (Å²) in [5.74, 6) is 1.49. The van der Waals surface area contributed by atoms with Gasteiger partial charge in [0, 0.05) is 17.9 Å². The summed E-state index contributed by atoms with van der Waals surface area (Å²) >= 11 is 0. The lowest BCUT2D eigenvalue weighted by Crippen LogP contribution is -2.33. The monoisotopic (exact) mass is 215 g/mol. The van der Waals surface area contributed by atoms with Crippen molar-refractivity contribution in [1.29, 1.82) is 0 Å². The van der Waals surface area contributed by atoms with Crippen molar-refractivity contribution in [2.45, 2.75) is 31.5 Å². The molecule has 0 radical (unpaired) electrons. The number of hydrogen-bond acceptors (Lipinski definition) is 3. The van der Waals surface area contributed by atoms with Crippen LogP contribution in [0.3, 0.4) is 0 Å². The fourth-order valence-corrected chi connectivity index (χ4v) is 3.55. The lowest BCUT2D eigenvalue weighted by atomic mass is 9.80. The summed E-state index contributed by atoms with van der Waals surface area (Å²) in [6.07, 6.45) is 8.29. The molecule has 1 saturated heterocycles. The molecule has 3 fully saturated rings. The van der Waals surface area contributed by atoms with Crippen molar-refractivity contribution in [1.82, 2.24) is 4.98 Å². The Bertz CT molecular complexity index is 381. The molecule has 16 heavy (non-hydrogen) atoms. The summed E-state index contributed by atoms with van der Waals surface area (Å²) in [4.78, 5) is 4.12. The van der Waals surface area contributed by atoms with Crippen molar-refractivity contribution >= 4 is 12.6 Å². The largest absolute Gasteiger partial charge is 0.496 e. The minimum Gasteiger partial charge on any atom is -0.401 e. The molecule has 0 spiro atoms. The highest BCUT2D eigenvalue weighted by molar-refractivity contribution is 6.61. The molecule has 0 aromatic carbocycles. The number of rotatable bonds is 1. The Labute approximate surface area is 95.3 Å². The average Bonchev–Trinajstić information content (AvgIpc) is 3.02. The molecular formula is C12H14BNO2. The molecule has 1 aromatic rings. The highest BCUT2D eigenvalue weighted by Crippen LogP contribution is 2.50. The molecule has 3 aliphatic rings. The SMILES string of the molecule is c1cncc(B2OC3[C@H]4CCC(C4)[C@H]3O2)c1. The van der Waals surface area contributed by atoms with Gasteiger partial charge in [-0.05, 0) is 37.2 Å². The van der Waals surface area contributed by atoms with Gasteiger partial charge in [0.1, 0.15) is 0 Å². The van der Waals surface area contributed by atoms with E-state index in [0.717, 1.165) is 17.3 Å². The summed E-state index contributed by atoms with van der Waals surface area (Å²) < 4.78 is 12.1. The van der Waals surface area contributed by atoms with E-state index in [2.05, 4.69) is 4.98 Å². The smallest absolute Gasteiger partial charge is 0.401 e. The highest BCUT2D eigenvalue weighted by Gasteiger charge is 2.55. The van der Waals surface area contributed by atoms with Gasteiger partial charge in [-0.1, -0.05) is 6.07 Å². The van der Waals surface area contributed by atoms with E-state index in [1.165, 1.54) is 19.3 Å². The van der Waals surface area contributed by atoms with Crippen LogP contribution in [-0.2, 0) is 9.31 Å². The van der Waals surface area contributed by atoms with Crippen LogP contribution in [0.2, 0.25) is 0 Å². The molecule has 1 aliphatic heterocycles. The molecule has 1 aromatic heterocycles. The molecular weight excluding hydrogens is 201 g/mol. The van der Waals surface area contributed by atoms with Crippen LogP contribution in [0.25, 0.3) is 0 Å². The first-order valence-electron chi connectivity index (χ1n) is 6.12. The molecule has 0 amide bonds. The third-order valence-electron chi connectivity index (χ3n) is 4.28. The molecule has 3 nitrogen and oxygen atoms in total. The molecule has 4 heteroatoms.